The molecule has 1 unspecified atom stereocenters. The second-order valence-electron chi connectivity index (χ2n) is 6.78. The molecule has 2 rings (SSSR count). The largest absolute Gasteiger partial charge is 0.312 e. The Morgan fingerprint density at radius 1 is 1.24 bits per heavy atom. The fraction of sp³-hybridized carbons (Fsp3) is 0.778. The van der Waals surface area contributed by atoms with Crippen molar-refractivity contribution >= 4 is 11.3 Å². The minimum Gasteiger partial charge on any atom is -0.312 e. The molecule has 1 fully saturated rings. The lowest BCUT2D eigenvalue weighted by molar-refractivity contribution is 0.0808. The van der Waals surface area contributed by atoms with Gasteiger partial charge >= 0.3 is 0 Å². The van der Waals surface area contributed by atoms with Gasteiger partial charge in [0, 0.05) is 16.5 Å². The molecular formula is C18H32N2S. The predicted octanol–water partition coefficient (Wildman–Crippen LogP) is 4.31. The Kier molecular flexibility index (Phi) is 6.72. The lowest BCUT2D eigenvalue weighted by Gasteiger charge is -2.44. The first-order valence-electron chi connectivity index (χ1n) is 8.65. The summed E-state index contributed by atoms with van der Waals surface area (Å²) in [6.45, 7) is 10.7. The minimum atomic E-state index is 0.248. The molecule has 3 heteroatoms. The van der Waals surface area contributed by atoms with Crippen LogP contribution in [0.25, 0.3) is 0 Å². The highest BCUT2D eigenvalue weighted by Crippen LogP contribution is 2.26. The molecule has 1 saturated heterocycles. The van der Waals surface area contributed by atoms with E-state index >= 15 is 0 Å². The number of likely N-dealkylation sites (tertiary alicyclic amines) is 1. The summed E-state index contributed by atoms with van der Waals surface area (Å²) < 4.78 is 0. The van der Waals surface area contributed by atoms with E-state index in [0.29, 0.717) is 6.04 Å². The average Bonchev–Trinajstić information content (AvgIpc) is 2.82. The number of likely N-dealkylation sites (N-methyl/N-ethyl adjacent to an activating group) is 1. The molecule has 1 aliphatic heterocycles. The van der Waals surface area contributed by atoms with Crippen molar-refractivity contribution in [2.24, 2.45) is 0 Å². The number of aryl methyl sites for hydroxylation is 1. The summed E-state index contributed by atoms with van der Waals surface area (Å²) in [4.78, 5) is 4.26. The molecule has 1 aromatic heterocycles. The Labute approximate surface area is 134 Å². The average molecular weight is 309 g/mol. The summed E-state index contributed by atoms with van der Waals surface area (Å²) in [6, 6.07) is 5.01. The molecule has 0 spiro atoms. The summed E-state index contributed by atoms with van der Waals surface area (Å²) in [6.07, 6.45) is 7.99. The molecule has 120 valence electrons. The first-order chi connectivity index (χ1) is 10.1. The van der Waals surface area contributed by atoms with E-state index in [2.05, 4.69) is 48.5 Å². The van der Waals surface area contributed by atoms with E-state index in [1.165, 1.54) is 56.5 Å². The summed E-state index contributed by atoms with van der Waals surface area (Å²) in [5.74, 6) is 0. The number of rotatable bonds is 7. The highest BCUT2D eigenvalue weighted by atomic mass is 32.1. The van der Waals surface area contributed by atoms with E-state index in [0.717, 1.165) is 6.54 Å². The van der Waals surface area contributed by atoms with E-state index in [1.807, 2.05) is 11.3 Å². The van der Waals surface area contributed by atoms with Gasteiger partial charge in [-0.15, -0.1) is 11.3 Å². The molecule has 2 heterocycles. The number of hydrogen-bond donors (Lipinski definition) is 1. The van der Waals surface area contributed by atoms with E-state index in [1.54, 1.807) is 0 Å². The summed E-state index contributed by atoms with van der Waals surface area (Å²) in [7, 11) is 0. The van der Waals surface area contributed by atoms with Crippen molar-refractivity contribution in [1.82, 2.24) is 10.2 Å². The number of thiophene rings is 1. The number of nitrogens with one attached hydrogen (secondary N) is 1. The Balaban J connectivity index is 1.99. The normalized spacial score (nSPS) is 19.4. The fourth-order valence-corrected chi connectivity index (χ4v) is 4.29. The molecule has 1 aliphatic rings. The molecule has 1 aromatic rings. The first-order valence-corrected chi connectivity index (χ1v) is 9.53. The van der Waals surface area contributed by atoms with Gasteiger partial charge in [0.25, 0.3) is 0 Å². The van der Waals surface area contributed by atoms with Crippen LogP contribution in [-0.4, -0.2) is 36.1 Å². The van der Waals surface area contributed by atoms with Crippen LogP contribution in [0, 0.1) is 0 Å². The molecule has 0 bridgehead atoms. The summed E-state index contributed by atoms with van der Waals surface area (Å²) in [5, 5.41) is 5.96. The number of nitrogens with zero attached hydrogens (tertiary/aromatic N) is 1. The van der Waals surface area contributed by atoms with Crippen LogP contribution in [-0.2, 0) is 6.42 Å². The molecule has 0 radical (unpaired) electrons. The zero-order valence-electron chi connectivity index (χ0n) is 14.0. The highest BCUT2D eigenvalue weighted by Gasteiger charge is 2.34. The third kappa shape index (κ3) is 4.80. The van der Waals surface area contributed by atoms with Crippen molar-refractivity contribution in [2.75, 3.05) is 19.6 Å². The maximum atomic E-state index is 3.77. The van der Waals surface area contributed by atoms with Gasteiger partial charge in [-0.1, -0.05) is 25.8 Å². The molecule has 0 saturated carbocycles. The monoisotopic (exact) mass is 308 g/mol. The molecule has 2 nitrogen and oxygen atoms in total. The molecular weight excluding hydrogens is 276 g/mol. The Bertz CT molecular complexity index is 378. The van der Waals surface area contributed by atoms with Crippen LogP contribution in [0.2, 0.25) is 0 Å². The third-order valence-electron chi connectivity index (χ3n) is 4.98. The van der Waals surface area contributed by atoms with Crippen molar-refractivity contribution in [1.29, 1.82) is 0 Å². The van der Waals surface area contributed by atoms with E-state index < -0.39 is 0 Å². The van der Waals surface area contributed by atoms with Gasteiger partial charge in [0.15, 0.2) is 0 Å². The maximum Gasteiger partial charge on any atom is 0.0306 e. The smallest absolute Gasteiger partial charge is 0.0306 e. The van der Waals surface area contributed by atoms with Crippen molar-refractivity contribution in [3.05, 3.63) is 22.4 Å². The molecule has 0 aliphatic carbocycles. The Morgan fingerprint density at radius 2 is 1.95 bits per heavy atom. The Morgan fingerprint density at radius 3 is 2.52 bits per heavy atom. The van der Waals surface area contributed by atoms with Gasteiger partial charge in [-0.2, -0.15) is 0 Å². The quantitative estimate of drug-likeness (QED) is 0.807. The number of hydrogen-bond acceptors (Lipinski definition) is 3. The van der Waals surface area contributed by atoms with Crippen LogP contribution >= 0.6 is 11.3 Å². The van der Waals surface area contributed by atoms with Crippen LogP contribution in [0.5, 0.6) is 0 Å². The third-order valence-corrected chi connectivity index (χ3v) is 5.92. The first kappa shape index (κ1) is 17.0. The van der Waals surface area contributed by atoms with Crippen molar-refractivity contribution < 1.29 is 0 Å². The molecule has 0 aromatic carbocycles. The summed E-state index contributed by atoms with van der Waals surface area (Å²) in [5.41, 5.74) is 0.248. The van der Waals surface area contributed by atoms with Gasteiger partial charge in [0.05, 0.1) is 0 Å². The van der Waals surface area contributed by atoms with E-state index in [9.17, 15) is 0 Å². The highest BCUT2D eigenvalue weighted by molar-refractivity contribution is 7.09. The topological polar surface area (TPSA) is 15.3 Å². The lowest BCUT2D eigenvalue weighted by Crippen LogP contribution is -2.58. The predicted molar refractivity (Wildman–Crippen MR) is 94.2 cm³/mol. The Hall–Kier alpha value is -0.380. The second kappa shape index (κ2) is 8.30. The zero-order chi connectivity index (χ0) is 15.1. The van der Waals surface area contributed by atoms with Crippen molar-refractivity contribution in [3.8, 4) is 0 Å². The van der Waals surface area contributed by atoms with Crippen LogP contribution in [0.4, 0.5) is 0 Å². The van der Waals surface area contributed by atoms with Gasteiger partial charge in [-0.3, -0.25) is 4.90 Å². The van der Waals surface area contributed by atoms with Gasteiger partial charge < -0.3 is 5.32 Å². The molecule has 21 heavy (non-hydrogen) atoms. The summed E-state index contributed by atoms with van der Waals surface area (Å²) >= 11 is 1.89. The van der Waals surface area contributed by atoms with Gasteiger partial charge in [0.1, 0.15) is 0 Å². The lowest BCUT2D eigenvalue weighted by atomic mass is 9.88. The van der Waals surface area contributed by atoms with Crippen LogP contribution < -0.4 is 5.32 Å². The fourth-order valence-electron chi connectivity index (χ4n) is 3.56. The van der Waals surface area contributed by atoms with E-state index in [4.69, 9.17) is 0 Å². The van der Waals surface area contributed by atoms with Crippen LogP contribution in [0.3, 0.4) is 0 Å². The van der Waals surface area contributed by atoms with Crippen molar-refractivity contribution in [2.45, 2.75) is 70.9 Å². The molecule has 1 atom stereocenters. The van der Waals surface area contributed by atoms with Gasteiger partial charge in [-0.05, 0) is 70.6 Å². The zero-order valence-corrected chi connectivity index (χ0v) is 14.8. The molecule has 0 amide bonds. The maximum absolute atomic E-state index is 3.77. The van der Waals surface area contributed by atoms with Gasteiger partial charge in [0.2, 0.25) is 0 Å². The van der Waals surface area contributed by atoms with Gasteiger partial charge in [-0.25, -0.2) is 0 Å². The van der Waals surface area contributed by atoms with Crippen LogP contribution in [0.1, 0.15) is 57.8 Å². The second-order valence-corrected chi connectivity index (χ2v) is 7.82. The van der Waals surface area contributed by atoms with E-state index in [-0.39, 0.29) is 5.54 Å². The SMILES string of the molecule is CCNC(CCc1cccs1)C(C)(C)N1CCCCCC1. The van der Waals surface area contributed by atoms with Crippen molar-refractivity contribution in [3.63, 3.8) is 0 Å². The minimum absolute atomic E-state index is 0.248. The standard InChI is InChI=1S/C18H32N2S/c1-4-19-17(12-11-16-10-9-15-21-16)18(2,3)20-13-7-5-6-8-14-20/h9-10,15,17,19H,4-8,11-14H2,1-3H3. The van der Waals surface area contributed by atoms with Crippen LogP contribution in [0.15, 0.2) is 17.5 Å². The molecule has 1 N–H and O–H groups in total.